The van der Waals surface area contributed by atoms with Crippen LogP contribution in [-0.4, -0.2) is 20.7 Å². The van der Waals surface area contributed by atoms with E-state index in [2.05, 4.69) is 23.2 Å². The number of halogens is 8. The average Bonchev–Trinajstić information content (AvgIpc) is 2.02. The van der Waals surface area contributed by atoms with E-state index in [-0.39, 0.29) is 5.88 Å². The van der Waals surface area contributed by atoms with Crippen LogP contribution in [0, 0.1) is 0 Å². The maximum Gasteiger partial charge on any atom is 0.342 e. The minimum Gasteiger partial charge on any atom is -0.201 e. The zero-order chi connectivity index (χ0) is 12.3. The summed E-state index contributed by atoms with van der Waals surface area (Å²) in [6.45, 7) is 0. The van der Waals surface area contributed by atoms with Gasteiger partial charge in [-0.15, -0.1) is 11.6 Å². The van der Waals surface area contributed by atoms with Crippen LogP contribution in [0.1, 0.15) is 6.42 Å². The summed E-state index contributed by atoms with van der Waals surface area (Å²) < 4.78 is 32.5. The second kappa shape index (κ2) is 5.54. The highest BCUT2D eigenvalue weighted by molar-refractivity contribution is 6.53. The average molecular weight is 324 g/mol. The van der Waals surface area contributed by atoms with Gasteiger partial charge in [-0.1, -0.05) is 58.6 Å². The number of alkyl halides is 8. The zero-order valence-electron chi connectivity index (χ0n) is 7.09. The molecule has 0 aromatic heterocycles. The Labute approximate surface area is 110 Å². The molecule has 0 amide bonds. The molecule has 0 aromatic carbocycles. The van der Waals surface area contributed by atoms with Crippen molar-refractivity contribution in [3.63, 3.8) is 0 Å². The first kappa shape index (κ1) is 16.0. The number of hydrogen-bond donors (Lipinski definition) is 0. The van der Waals surface area contributed by atoms with Crippen LogP contribution in [0.4, 0.5) is 13.2 Å². The molecule has 0 atom stereocenters. The molecule has 0 rings (SSSR count). The second-order valence-corrected chi connectivity index (χ2v) is 5.63. The minimum atomic E-state index is -4.32. The molecule has 0 aromatic rings. The van der Waals surface area contributed by atoms with E-state index in [4.69, 9.17) is 34.8 Å². The van der Waals surface area contributed by atoms with Crippen molar-refractivity contribution in [1.29, 1.82) is 0 Å². The van der Waals surface area contributed by atoms with Crippen molar-refractivity contribution in [3.05, 3.63) is 12.2 Å². The quantitative estimate of drug-likeness (QED) is 0.488. The molecule has 0 saturated carbocycles. The maximum absolute atomic E-state index is 13.2. The molecule has 90 valence electrons. The van der Waals surface area contributed by atoms with E-state index in [0.29, 0.717) is 0 Å². The highest BCUT2D eigenvalue weighted by atomic mass is 35.5. The summed E-state index contributed by atoms with van der Waals surface area (Å²) >= 11 is 25.1. The maximum atomic E-state index is 13.2. The fourth-order valence-corrected chi connectivity index (χ4v) is 1.71. The summed E-state index contributed by atoms with van der Waals surface area (Å²) in [4.78, 5) is 0. The van der Waals surface area contributed by atoms with Crippen molar-refractivity contribution in [2.75, 3.05) is 5.88 Å². The Morgan fingerprint density at radius 2 is 1.40 bits per heavy atom. The van der Waals surface area contributed by atoms with Crippen molar-refractivity contribution in [1.82, 2.24) is 0 Å². The topological polar surface area (TPSA) is 0 Å². The molecule has 0 aliphatic heterocycles. The molecule has 0 saturated heterocycles. The highest BCUT2D eigenvalue weighted by Crippen LogP contribution is 2.53. The third kappa shape index (κ3) is 4.04. The summed E-state index contributed by atoms with van der Waals surface area (Å²) in [5, 5.41) is 0. The lowest BCUT2D eigenvalue weighted by Gasteiger charge is -2.32. The summed E-state index contributed by atoms with van der Waals surface area (Å²) in [5.41, 5.74) is 0. The molecule has 0 spiro atoms. The Bertz CT molecular complexity index is 233. The molecule has 0 heterocycles. The third-order valence-corrected chi connectivity index (χ3v) is 2.88. The fourth-order valence-electron chi connectivity index (χ4n) is 0.630. The zero-order valence-corrected chi connectivity index (χ0v) is 10.9. The number of allylic oxidation sites excluding steroid dienone is 2. The van der Waals surface area contributed by atoms with E-state index in [0.717, 1.165) is 0 Å². The second-order valence-electron chi connectivity index (χ2n) is 2.61. The molecule has 8 heteroatoms. The van der Waals surface area contributed by atoms with Gasteiger partial charge in [0.05, 0.1) is 0 Å². The van der Waals surface area contributed by atoms with Crippen LogP contribution < -0.4 is 0 Å². The van der Waals surface area contributed by atoms with Gasteiger partial charge in [-0.2, -0.15) is 8.78 Å². The van der Waals surface area contributed by atoms with Gasteiger partial charge in [0, 0.05) is 12.3 Å². The first-order valence-corrected chi connectivity index (χ1v) is 5.64. The van der Waals surface area contributed by atoms with E-state index in [1.54, 1.807) is 0 Å². The Hall–Kier alpha value is 0.980. The standard InChI is InChI=1S/C7H6Cl5F3/c8-4-2-1-3-5(9,10)6(13,14)7(11,12)15/h1-2H,3-4H2. The summed E-state index contributed by atoms with van der Waals surface area (Å²) in [7, 11) is 0. The molecule has 0 unspecified atom stereocenters. The normalized spacial score (nSPS) is 14.9. The van der Waals surface area contributed by atoms with Gasteiger partial charge in [0.2, 0.25) is 0 Å². The predicted octanol–water partition coefficient (Wildman–Crippen LogP) is 5.08. The van der Waals surface area contributed by atoms with Crippen LogP contribution >= 0.6 is 58.0 Å². The van der Waals surface area contributed by atoms with Gasteiger partial charge in [0.1, 0.15) is 0 Å². The molecular formula is C7H6Cl5F3. The summed E-state index contributed by atoms with van der Waals surface area (Å²) in [6, 6.07) is 0. The van der Waals surface area contributed by atoms with Crippen molar-refractivity contribution in [2.45, 2.75) is 21.3 Å². The molecular weight excluding hydrogens is 318 g/mol. The lowest BCUT2D eigenvalue weighted by atomic mass is 10.1. The van der Waals surface area contributed by atoms with Gasteiger partial charge in [-0.3, -0.25) is 0 Å². The van der Waals surface area contributed by atoms with E-state index in [1.807, 2.05) is 0 Å². The van der Waals surface area contributed by atoms with Crippen LogP contribution in [0.3, 0.4) is 0 Å². The van der Waals surface area contributed by atoms with Crippen molar-refractivity contribution >= 4 is 58.0 Å². The van der Waals surface area contributed by atoms with Crippen LogP contribution in [0.15, 0.2) is 12.2 Å². The largest absolute Gasteiger partial charge is 0.342 e. The first-order valence-electron chi connectivity index (χ1n) is 3.59. The van der Waals surface area contributed by atoms with Crippen molar-refractivity contribution < 1.29 is 13.2 Å². The van der Waals surface area contributed by atoms with Gasteiger partial charge in [0.25, 0.3) is 0 Å². The SMILES string of the molecule is FC(Cl)(Cl)C(F)(F)C(Cl)(Cl)CC=CCCl. The molecule has 0 radical (unpaired) electrons. The molecule has 0 N–H and O–H groups in total. The lowest BCUT2D eigenvalue weighted by Crippen LogP contribution is -2.49. The lowest BCUT2D eigenvalue weighted by molar-refractivity contribution is -0.0717. The summed E-state index contributed by atoms with van der Waals surface area (Å²) in [6.07, 6.45) is 1.97. The van der Waals surface area contributed by atoms with Gasteiger partial charge in [-0.05, 0) is 0 Å². The molecule has 0 bridgehead atoms. The Morgan fingerprint density at radius 3 is 1.73 bits per heavy atom. The molecule has 0 aliphatic rings. The van der Waals surface area contributed by atoms with Crippen molar-refractivity contribution in [2.24, 2.45) is 0 Å². The van der Waals surface area contributed by atoms with Gasteiger partial charge >= 0.3 is 10.5 Å². The van der Waals surface area contributed by atoms with E-state index < -0.39 is 21.3 Å². The van der Waals surface area contributed by atoms with Crippen LogP contribution in [0.5, 0.6) is 0 Å². The van der Waals surface area contributed by atoms with E-state index >= 15 is 0 Å². The smallest absolute Gasteiger partial charge is 0.201 e. The monoisotopic (exact) mass is 322 g/mol. The number of hydrogen-bond acceptors (Lipinski definition) is 0. The van der Waals surface area contributed by atoms with E-state index in [1.165, 1.54) is 12.2 Å². The van der Waals surface area contributed by atoms with Crippen molar-refractivity contribution in [3.8, 4) is 0 Å². The number of rotatable bonds is 5. The first-order chi connectivity index (χ1) is 6.56. The van der Waals surface area contributed by atoms with Crippen LogP contribution in [0.25, 0.3) is 0 Å². The van der Waals surface area contributed by atoms with Crippen LogP contribution in [-0.2, 0) is 0 Å². The van der Waals surface area contributed by atoms with Gasteiger partial charge in [-0.25, -0.2) is 4.39 Å². The third-order valence-electron chi connectivity index (χ3n) is 1.45. The predicted molar refractivity (Wildman–Crippen MR) is 59.4 cm³/mol. The fraction of sp³-hybridized carbons (Fsp3) is 0.714. The molecule has 0 aliphatic carbocycles. The highest BCUT2D eigenvalue weighted by Gasteiger charge is 2.65. The molecule has 15 heavy (non-hydrogen) atoms. The van der Waals surface area contributed by atoms with Gasteiger partial charge in [0.15, 0.2) is 4.33 Å². The minimum absolute atomic E-state index is 0.0952. The molecule has 0 fully saturated rings. The molecule has 0 nitrogen and oxygen atoms in total. The Morgan fingerprint density at radius 1 is 0.933 bits per heavy atom. The Kier molecular flexibility index (Phi) is 5.91. The van der Waals surface area contributed by atoms with Crippen LogP contribution in [0.2, 0.25) is 0 Å². The summed E-state index contributed by atoms with van der Waals surface area (Å²) in [5.74, 6) is -4.22. The van der Waals surface area contributed by atoms with E-state index in [9.17, 15) is 13.2 Å². The van der Waals surface area contributed by atoms with Gasteiger partial charge < -0.3 is 0 Å². The Balaban J connectivity index is 4.78.